The lowest BCUT2D eigenvalue weighted by Crippen LogP contribution is -2.27. The summed E-state index contributed by atoms with van der Waals surface area (Å²) in [6.45, 7) is 1.54. The lowest BCUT2D eigenvalue weighted by molar-refractivity contribution is 0.0686. The van der Waals surface area contributed by atoms with Gasteiger partial charge in [-0.25, -0.2) is 0 Å². The fourth-order valence-electron chi connectivity index (χ4n) is 1.70. The Morgan fingerprint density at radius 2 is 2.08 bits per heavy atom. The Bertz CT molecular complexity index is 326. The van der Waals surface area contributed by atoms with Crippen LogP contribution in [0.2, 0.25) is 0 Å². The maximum atomic E-state index is 11.4. The van der Waals surface area contributed by atoms with E-state index >= 15 is 0 Å². The summed E-state index contributed by atoms with van der Waals surface area (Å²) in [5.74, 6) is 0. The molecule has 0 radical (unpaired) electrons. The van der Waals surface area contributed by atoms with E-state index in [0.29, 0.717) is 6.04 Å². The monoisotopic (exact) mass is 179 g/mol. The Kier molecular flexibility index (Phi) is 2.45. The Labute approximate surface area is 77.0 Å². The van der Waals surface area contributed by atoms with Gasteiger partial charge in [-0.15, -0.1) is 0 Å². The smallest absolute Gasteiger partial charge is 0.250 e. The highest BCUT2D eigenvalue weighted by Gasteiger charge is 2.15. The van der Waals surface area contributed by atoms with Crippen molar-refractivity contribution in [3.05, 3.63) is 34.7 Å². The molecule has 3 heteroatoms. The quantitative estimate of drug-likeness (QED) is 0.648. The molecule has 70 valence electrons. The Morgan fingerprint density at radius 1 is 1.31 bits per heavy atom. The van der Waals surface area contributed by atoms with Crippen molar-refractivity contribution in [2.45, 2.75) is 18.9 Å². The van der Waals surface area contributed by atoms with Crippen molar-refractivity contribution in [1.82, 2.24) is 4.57 Å². The predicted octanol–water partition coefficient (Wildman–Crippen LogP) is 1.20. The number of pyridine rings is 1. The van der Waals surface area contributed by atoms with Crippen LogP contribution in [0.15, 0.2) is 29.2 Å². The summed E-state index contributed by atoms with van der Waals surface area (Å²) in [7, 11) is 0. The fraction of sp³-hybridized carbons (Fsp3) is 0.500. The van der Waals surface area contributed by atoms with E-state index in [0.717, 1.165) is 26.1 Å². The van der Waals surface area contributed by atoms with Crippen molar-refractivity contribution in [2.24, 2.45) is 0 Å². The lowest BCUT2D eigenvalue weighted by atomic mass is 10.1. The SMILES string of the molecule is O=c1ccccn1C1CCOCC1. The van der Waals surface area contributed by atoms with Crippen LogP contribution in [0.1, 0.15) is 18.9 Å². The van der Waals surface area contributed by atoms with Crippen molar-refractivity contribution >= 4 is 0 Å². The topological polar surface area (TPSA) is 31.2 Å². The Balaban J connectivity index is 2.24. The highest BCUT2D eigenvalue weighted by atomic mass is 16.5. The zero-order valence-electron chi connectivity index (χ0n) is 7.48. The largest absolute Gasteiger partial charge is 0.381 e. The Hall–Kier alpha value is -1.09. The van der Waals surface area contributed by atoms with Gasteiger partial charge in [-0.3, -0.25) is 4.79 Å². The summed E-state index contributed by atoms with van der Waals surface area (Å²) in [4.78, 5) is 11.4. The van der Waals surface area contributed by atoms with Gasteiger partial charge in [-0.1, -0.05) is 6.07 Å². The van der Waals surface area contributed by atoms with Gasteiger partial charge in [-0.2, -0.15) is 0 Å². The summed E-state index contributed by atoms with van der Waals surface area (Å²) in [5, 5.41) is 0. The number of hydrogen-bond donors (Lipinski definition) is 0. The molecule has 1 aromatic rings. The summed E-state index contributed by atoms with van der Waals surface area (Å²) in [5.41, 5.74) is 0.0920. The van der Waals surface area contributed by atoms with E-state index in [1.165, 1.54) is 0 Å². The molecule has 0 bridgehead atoms. The van der Waals surface area contributed by atoms with Gasteiger partial charge >= 0.3 is 0 Å². The third-order valence-electron chi connectivity index (χ3n) is 2.44. The van der Waals surface area contributed by atoms with Gasteiger partial charge in [0.1, 0.15) is 0 Å². The molecule has 2 heterocycles. The fourth-order valence-corrected chi connectivity index (χ4v) is 1.70. The van der Waals surface area contributed by atoms with Gasteiger partial charge in [0.05, 0.1) is 0 Å². The van der Waals surface area contributed by atoms with E-state index < -0.39 is 0 Å². The van der Waals surface area contributed by atoms with Crippen LogP contribution in [-0.4, -0.2) is 17.8 Å². The third kappa shape index (κ3) is 1.80. The molecule has 0 spiro atoms. The molecule has 1 saturated heterocycles. The molecule has 1 aliphatic rings. The second kappa shape index (κ2) is 3.75. The molecular formula is C10H13NO2. The average Bonchev–Trinajstić information content (AvgIpc) is 2.20. The molecule has 1 aliphatic heterocycles. The van der Waals surface area contributed by atoms with Gasteiger partial charge in [-0.05, 0) is 18.9 Å². The van der Waals surface area contributed by atoms with Crippen LogP contribution in [0.5, 0.6) is 0 Å². The number of nitrogens with zero attached hydrogens (tertiary/aromatic N) is 1. The summed E-state index contributed by atoms with van der Waals surface area (Å²) in [6.07, 6.45) is 3.76. The highest BCUT2D eigenvalue weighted by molar-refractivity contribution is 4.95. The summed E-state index contributed by atoms with van der Waals surface area (Å²) < 4.78 is 7.05. The first-order valence-corrected chi connectivity index (χ1v) is 4.63. The second-order valence-corrected chi connectivity index (χ2v) is 3.29. The van der Waals surface area contributed by atoms with Crippen LogP contribution in [0.3, 0.4) is 0 Å². The maximum Gasteiger partial charge on any atom is 0.250 e. The van der Waals surface area contributed by atoms with Gasteiger partial charge in [0.15, 0.2) is 0 Å². The third-order valence-corrected chi connectivity index (χ3v) is 2.44. The van der Waals surface area contributed by atoms with E-state index in [4.69, 9.17) is 4.74 Å². The first-order valence-electron chi connectivity index (χ1n) is 4.63. The summed E-state index contributed by atoms with van der Waals surface area (Å²) >= 11 is 0. The van der Waals surface area contributed by atoms with Crippen LogP contribution < -0.4 is 5.56 Å². The molecule has 0 atom stereocenters. The maximum absolute atomic E-state index is 11.4. The molecule has 0 N–H and O–H groups in total. The van der Waals surface area contributed by atoms with E-state index in [2.05, 4.69) is 0 Å². The normalized spacial score (nSPS) is 18.8. The van der Waals surface area contributed by atoms with Crippen LogP contribution in [0.4, 0.5) is 0 Å². The molecule has 13 heavy (non-hydrogen) atoms. The zero-order chi connectivity index (χ0) is 9.10. The van der Waals surface area contributed by atoms with Gasteiger partial charge in [0, 0.05) is 31.5 Å². The van der Waals surface area contributed by atoms with Crippen LogP contribution in [0.25, 0.3) is 0 Å². The molecular weight excluding hydrogens is 166 g/mol. The molecule has 0 saturated carbocycles. The van der Waals surface area contributed by atoms with E-state index in [1.54, 1.807) is 12.1 Å². The zero-order valence-corrected chi connectivity index (χ0v) is 7.48. The van der Waals surface area contributed by atoms with E-state index in [9.17, 15) is 4.79 Å². The molecule has 0 aliphatic carbocycles. The Morgan fingerprint density at radius 3 is 2.77 bits per heavy atom. The number of aromatic nitrogens is 1. The van der Waals surface area contributed by atoms with Gasteiger partial charge < -0.3 is 9.30 Å². The first kappa shape index (κ1) is 8.51. The molecule has 0 unspecified atom stereocenters. The van der Waals surface area contributed by atoms with Crippen molar-refractivity contribution in [2.75, 3.05) is 13.2 Å². The highest BCUT2D eigenvalue weighted by Crippen LogP contribution is 2.18. The lowest BCUT2D eigenvalue weighted by Gasteiger charge is -2.23. The van der Waals surface area contributed by atoms with Gasteiger partial charge in [0.2, 0.25) is 0 Å². The average molecular weight is 179 g/mol. The first-order chi connectivity index (χ1) is 6.38. The van der Waals surface area contributed by atoms with Crippen LogP contribution in [0, 0.1) is 0 Å². The predicted molar refractivity (Wildman–Crippen MR) is 49.8 cm³/mol. The molecule has 1 fully saturated rings. The van der Waals surface area contributed by atoms with Crippen molar-refractivity contribution < 1.29 is 4.74 Å². The number of rotatable bonds is 1. The summed E-state index contributed by atoms with van der Waals surface area (Å²) in [6, 6.07) is 5.62. The van der Waals surface area contributed by atoms with Crippen LogP contribution >= 0.6 is 0 Å². The minimum Gasteiger partial charge on any atom is -0.381 e. The molecule has 1 aromatic heterocycles. The molecule has 3 nitrogen and oxygen atoms in total. The molecule has 2 rings (SSSR count). The molecule has 0 aromatic carbocycles. The van der Waals surface area contributed by atoms with Gasteiger partial charge in [0.25, 0.3) is 5.56 Å². The van der Waals surface area contributed by atoms with Crippen molar-refractivity contribution in [3.8, 4) is 0 Å². The minimum atomic E-state index is 0.0920. The van der Waals surface area contributed by atoms with Crippen molar-refractivity contribution in [1.29, 1.82) is 0 Å². The van der Waals surface area contributed by atoms with E-state index in [-0.39, 0.29) is 5.56 Å². The minimum absolute atomic E-state index is 0.0920. The number of ether oxygens (including phenoxy) is 1. The van der Waals surface area contributed by atoms with E-state index in [1.807, 2.05) is 16.8 Å². The van der Waals surface area contributed by atoms with Crippen molar-refractivity contribution in [3.63, 3.8) is 0 Å². The second-order valence-electron chi connectivity index (χ2n) is 3.29. The standard InChI is InChI=1S/C10H13NO2/c12-10-3-1-2-6-11(10)9-4-7-13-8-5-9/h1-3,6,9H,4-5,7-8H2. The molecule has 0 amide bonds. The van der Waals surface area contributed by atoms with Crippen LogP contribution in [-0.2, 0) is 4.74 Å². The number of hydrogen-bond acceptors (Lipinski definition) is 2.